The number of carbonyl (C=O) groups is 1. The van der Waals surface area contributed by atoms with Gasteiger partial charge in [0.15, 0.2) is 5.96 Å². The fraction of sp³-hybridized carbons (Fsp3) is 0.300. The Labute approximate surface area is 177 Å². The van der Waals surface area contributed by atoms with Gasteiger partial charge < -0.3 is 20.3 Å². The minimum Gasteiger partial charge on any atom is -0.492 e. The van der Waals surface area contributed by atoms with Crippen LogP contribution >= 0.6 is 24.0 Å². The molecule has 0 aliphatic carbocycles. The van der Waals surface area contributed by atoms with Crippen LogP contribution < -0.4 is 20.3 Å². The van der Waals surface area contributed by atoms with Gasteiger partial charge in [-0.25, -0.2) is 0 Å². The van der Waals surface area contributed by atoms with E-state index in [0.717, 1.165) is 24.4 Å². The minimum atomic E-state index is 0. The van der Waals surface area contributed by atoms with E-state index in [4.69, 9.17) is 4.74 Å². The molecular formula is C20H25IN4O2. The Morgan fingerprint density at radius 1 is 1.11 bits per heavy atom. The number of carbonyl (C=O) groups excluding carboxylic acids is 1. The summed E-state index contributed by atoms with van der Waals surface area (Å²) >= 11 is 0. The Kier molecular flexibility index (Phi) is 8.38. The lowest BCUT2D eigenvalue weighted by molar-refractivity contribution is -0.117. The van der Waals surface area contributed by atoms with Crippen molar-refractivity contribution in [2.75, 3.05) is 38.2 Å². The number of halogens is 1. The third kappa shape index (κ3) is 5.85. The van der Waals surface area contributed by atoms with Crippen LogP contribution in [-0.2, 0) is 11.2 Å². The van der Waals surface area contributed by atoms with Gasteiger partial charge in [-0.1, -0.05) is 36.4 Å². The number of aliphatic imine (C=N–C) groups is 1. The van der Waals surface area contributed by atoms with Gasteiger partial charge in [0.25, 0.3) is 0 Å². The van der Waals surface area contributed by atoms with E-state index in [2.05, 4.69) is 21.7 Å². The summed E-state index contributed by atoms with van der Waals surface area (Å²) < 4.78 is 5.63. The van der Waals surface area contributed by atoms with Crippen LogP contribution in [0.1, 0.15) is 5.56 Å². The molecule has 144 valence electrons. The summed E-state index contributed by atoms with van der Waals surface area (Å²) in [6.07, 6.45) is 0.908. The maximum atomic E-state index is 12.5. The molecule has 0 unspecified atom stereocenters. The first-order valence-electron chi connectivity index (χ1n) is 8.78. The molecule has 3 rings (SSSR count). The lowest BCUT2D eigenvalue weighted by atomic mass is 10.2. The molecule has 0 spiro atoms. The number of nitrogens with zero attached hydrogens (tertiary/aromatic N) is 2. The molecule has 1 aliphatic heterocycles. The van der Waals surface area contributed by atoms with Crippen LogP contribution in [0.5, 0.6) is 5.75 Å². The van der Waals surface area contributed by atoms with Crippen molar-refractivity contribution >= 4 is 41.5 Å². The number of hydrogen-bond donors (Lipinski definition) is 2. The number of hydrogen-bond acceptors (Lipinski definition) is 3. The molecule has 0 atom stereocenters. The first kappa shape index (κ1) is 21.0. The van der Waals surface area contributed by atoms with Crippen molar-refractivity contribution in [1.82, 2.24) is 10.6 Å². The van der Waals surface area contributed by atoms with Gasteiger partial charge in [0.2, 0.25) is 5.91 Å². The van der Waals surface area contributed by atoms with Crippen LogP contribution in [0.15, 0.2) is 59.6 Å². The molecule has 0 saturated heterocycles. The molecular weight excluding hydrogens is 455 g/mol. The lowest BCUT2D eigenvalue weighted by Crippen LogP contribution is -2.45. The number of benzene rings is 2. The molecule has 0 radical (unpaired) electrons. The first-order chi connectivity index (χ1) is 12.8. The molecule has 0 bridgehead atoms. The summed E-state index contributed by atoms with van der Waals surface area (Å²) in [5, 5.41) is 6.22. The highest BCUT2D eigenvalue weighted by atomic mass is 127. The zero-order chi connectivity index (χ0) is 18.2. The molecule has 0 saturated carbocycles. The van der Waals surface area contributed by atoms with Crippen molar-refractivity contribution in [3.05, 3.63) is 60.2 Å². The van der Waals surface area contributed by atoms with Crippen molar-refractivity contribution in [3.8, 4) is 5.75 Å². The fourth-order valence-electron chi connectivity index (χ4n) is 2.93. The molecule has 2 aromatic carbocycles. The Hall–Kier alpha value is -2.29. The molecule has 7 heteroatoms. The molecule has 0 aromatic heterocycles. The second-order valence-corrected chi connectivity index (χ2v) is 5.94. The third-order valence-electron chi connectivity index (χ3n) is 4.23. The summed E-state index contributed by atoms with van der Waals surface area (Å²) in [6, 6.07) is 17.7. The highest BCUT2D eigenvalue weighted by Crippen LogP contribution is 2.27. The third-order valence-corrected chi connectivity index (χ3v) is 4.23. The Morgan fingerprint density at radius 3 is 2.63 bits per heavy atom. The van der Waals surface area contributed by atoms with Crippen LogP contribution in [0.3, 0.4) is 0 Å². The van der Waals surface area contributed by atoms with Crippen LogP contribution in [0.2, 0.25) is 0 Å². The summed E-state index contributed by atoms with van der Waals surface area (Å²) in [6.45, 7) is 2.04. The number of nitrogens with one attached hydrogen (secondary N) is 2. The number of amides is 1. The van der Waals surface area contributed by atoms with E-state index >= 15 is 0 Å². The van der Waals surface area contributed by atoms with E-state index in [1.807, 2.05) is 53.4 Å². The van der Waals surface area contributed by atoms with Gasteiger partial charge in [-0.2, -0.15) is 0 Å². The molecule has 1 heterocycles. The number of anilines is 1. The van der Waals surface area contributed by atoms with Crippen LogP contribution in [0, 0.1) is 0 Å². The Morgan fingerprint density at radius 2 is 1.85 bits per heavy atom. The van der Waals surface area contributed by atoms with Gasteiger partial charge in [0, 0.05) is 19.3 Å². The Bertz CT molecular complexity index is 768. The standard InChI is InChI=1S/C20H24N4O2.HI/c1-21-20(22-12-14-26-17-8-3-2-4-9-17)23-15-19(25)24-13-11-16-7-5-6-10-18(16)24;/h2-10H,11-15H2,1H3,(H2,21,22,23);1H. The van der Waals surface area contributed by atoms with Crippen LogP contribution in [0.25, 0.3) is 0 Å². The number of guanidine groups is 1. The largest absolute Gasteiger partial charge is 0.492 e. The van der Waals surface area contributed by atoms with E-state index in [1.165, 1.54) is 5.56 Å². The zero-order valence-corrected chi connectivity index (χ0v) is 17.7. The highest BCUT2D eigenvalue weighted by molar-refractivity contribution is 14.0. The highest BCUT2D eigenvalue weighted by Gasteiger charge is 2.23. The Balaban J connectivity index is 0.00000261. The van der Waals surface area contributed by atoms with E-state index in [9.17, 15) is 4.79 Å². The molecule has 2 N–H and O–H groups in total. The number of ether oxygens (including phenoxy) is 1. The van der Waals surface area contributed by atoms with Crippen molar-refractivity contribution in [2.45, 2.75) is 6.42 Å². The summed E-state index contributed by atoms with van der Waals surface area (Å²) in [4.78, 5) is 18.5. The fourth-order valence-corrected chi connectivity index (χ4v) is 2.93. The van der Waals surface area contributed by atoms with E-state index in [0.29, 0.717) is 19.1 Å². The summed E-state index contributed by atoms with van der Waals surface area (Å²) in [5.74, 6) is 1.46. The topological polar surface area (TPSA) is 66.0 Å². The molecule has 0 fully saturated rings. The van der Waals surface area contributed by atoms with E-state index in [1.54, 1.807) is 7.05 Å². The molecule has 2 aromatic rings. The number of rotatable bonds is 6. The van der Waals surface area contributed by atoms with Gasteiger partial charge in [-0.3, -0.25) is 9.79 Å². The average Bonchev–Trinajstić information content (AvgIpc) is 3.12. The number of para-hydroxylation sites is 2. The van der Waals surface area contributed by atoms with Gasteiger partial charge >= 0.3 is 0 Å². The predicted molar refractivity (Wildman–Crippen MR) is 119 cm³/mol. The maximum absolute atomic E-state index is 12.5. The molecule has 27 heavy (non-hydrogen) atoms. The SMILES string of the molecule is CN=C(NCCOc1ccccc1)NCC(=O)N1CCc2ccccc21.I. The predicted octanol–water partition coefficient (Wildman–Crippen LogP) is 2.44. The number of fused-ring (bicyclic) bond motifs is 1. The van der Waals surface area contributed by atoms with Crippen LogP contribution in [-0.4, -0.2) is 45.2 Å². The van der Waals surface area contributed by atoms with Gasteiger partial charge in [0.05, 0.1) is 13.1 Å². The summed E-state index contributed by atoms with van der Waals surface area (Å²) in [5.41, 5.74) is 2.24. The molecule has 1 amide bonds. The van der Waals surface area contributed by atoms with Crippen molar-refractivity contribution in [2.24, 2.45) is 4.99 Å². The average molecular weight is 480 g/mol. The minimum absolute atomic E-state index is 0. The quantitative estimate of drug-likeness (QED) is 0.289. The monoisotopic (exact) mass is 480 g/mol. The molecule has 6 nitrogen and oxygen atoms in total. The van der Waals surface area contributed by atoms with Crippen molar-refractivity contribution < 1.29 is 9.53 Å². The zero-order valence-electron chi connectivity index (χ0n) is 15.4. The maximum Gasteiger partial charge on any atom is 0.246 e. The summed E-state index contributed by atoms with van der Waals surface area (Å²) in [7, 11) is 1.68. The van der Waals surface area contributed by atoms with Gasteiger partial charge in [-0.15, -0.1) is 24.0 Å². The van der Waals surface area contributed by atoms with Crippen molar-refractivity contribution in [1.29, 1.82) is 0 Å². The molecule has 1 aliphatic rings. The lowest BCUT2D eigenvalue weighted by Gasteiger charge is -2.19. The van der Waals surface area contributed by atoms with Gasteiger partial charge in [0.1, 0.15) is 12.4 Å². The van der Waals surface area contributed by atoms with Crippen molar-refractivity contribution in [3.63, 3.8) is 0 Å². The normalized spacial score (nSPS) is 12.8. The van der Waals surface area contributed by atoms with E-state index < -0.39 is 0 Å². The second kappa shape index (κ2) is 10.8. The second-order valence-electron chi connectivity index (χ2n) is 5.94. The smallest absolute Gasteiger partial charge is 0.246 e. The first-order valence-corrected chi connectivity index (χ1v) is 8.78. The van der Waals surface area contributed by atoms with Crippen LogP contribution in [0.4, 0.5) is 5.69 Å². The van der Waals surface area contributed by atoms with E-state index in [-0.39, 0.29) is 36.4 Å². The van der Waals surface area contributed by atoms with Gasteiger partial charge in [-0.05, 0) is 30.2 Å².